The predicted octanol–water partition coefficient (Wildman–Crippen LogP) is 3.30. The number of imidazole rings is 1. The van der Waals surface area contributed by atoms with Crippen molar-refractivity contribution in [3.05, 3.63) is 66.1 Å². The maximum atomic E-state index is 12.1. The zero-order valence-corrected chi connectivity index (χ0v) is 13.9. The number of nitrogens with zero attached hydrogens (tertiary/aromatic N) is 2. The van der Waals surface area contributed by atoms with Gasteiger partial charge in [-0.05, 0) is 36.2 Å². The Morgan fingerprint density at radius 1 is 1.25 bits per heavy atom. The number of rotatable bonds is 6. The highest BCUT2D eigenvalue weighted by Crippen LogP contribution is 2.15. The van der Waals surface area contributed by atoms with Crippen molar-refractivity contribution in [2.45, 2.75) is 20.5 Å². The summed E-state index contributed by atoms with van der Waals surface area (Å²) < 4.78 is 7.74. The Morgan fingerprint density at radius 3 is 2.92 bits per heavy atom. The predicted molar refractivity (Wildman–Crippen MR) is 93.1 cm³/mol. The highest BCUT2D eigenvalue weighted by atomic mass is 16.5. The van der Waals surface area contributed by atoms with Crippen LogP contribution >= 0.6 is 0 Å². The molecule has 5 nitrogen and oxygen atoms in total. The Bertz CT molecular complexity index is 806. The van der Waals surface area contributed by atoms with Crippen molar-refractivity contribution in [2.75, 3.05) is 6.54 Å². The summed E-state index contributed by atoms with van der Waals surface area (Å²) in [5, 5.41) is 2.91. The number of fused-ring (bicyclic) bond motifs is 1. The molecule has 0 aliphatic carbocycles. The molecule has 0 bridgehead atoms. The van der Waals surface area contributed by atoms with Gasteiger partial charge in [-0.1, -0.05) is 26.0 Å². The van der Waals surface area contributed by atoms with Gasteiger partial charge in [-0.25, -0.2) is 4.98 Å². The molecule has 3 rings (SSSR count). The van der Waals surface area contributed by atoms with Gasteiger partial charge < -0.3 is 14.5 Å². The lowest BCUT2D eigenvalue weighted by molar-refractivity contribution is 0.0948. The molecule has 2 heterocycles. The van der Waals surface area contributed by atoms with Crippen molar-refractivity contribution in [1.82, 2.24) is 14.7 Å². The molecule has 0 radical (unpaired) electrons. The summed E-state index contributed by atoms with van der Waals surface area (Å²) >= 11 is 0. The van der Waals surface area contributed by atoms with Gasteiger partial charge in [0.25, 0.3) is 5.91 Å². The van der Waals surface area contributed by atoms with E-state index < -0.39 is 0 Å². The number of carbonyl (C=O) groups is 1. The molecule has 0 saturated heterocycles. The molecule has 124 valence electrons. The number of nitrogens with one attached hydrogen (secondary N) is 1. The van der Waals surface area contributed by atoms with Gasteiger partial charge in [-0.3, -0.25) is 4.79 Å². The van der Waals surface area contributed by atoms with E-state index in [0.29, 0.717) is 30.4 Å². The van der Waals surface area contributed by atoms with Gasteiger partial charge >= 0.3 is 0 Å². The lowest BCUT2D eigenvalue weighted by atomic mass is 10.2. The average Bonchev–Trinajstić information content (AvgIpc) is 3.01. The molecule has 2 aromatic heterocycles. The summed E-state index contributed by atoms with van der Waals surface area (Å²) in [5.74, 6) is 0.995. The molecule has 0 saturated carbocycles. The standard InChI is InChI=1S/C19H21N3O2/c1-14(2)11-20-19(23)15-6-5-7-17(10-15)24-13-16-12-22-9-4-3-8-18(22)21-16/h3-10,12,14H,11,13H2,1-2H3,(H,20,23). The molecular formula is C19H21N3O2. The van der Waals surface area contributed by atoms with Crippen molar-refractivity contribution >= 4 is 11.6 Å². The van der Waals surface area contributed by atoms with Crippen LogP contribution in [0.5, 0.6) is 5.75 Å². The second-order valence-corrected chi connectivity index (χ2v) is 6.12. The number of aromatic nitrogens is 2. The highest BCUT2D eigenvalue weighted by molar-refractivity contribution is 5.94. The normalized spacial score (nSPS) is 11.0. The molecule has 1 amide bonds. The van der Waals surface area contributed by atoms with Crippen molar-refractivity contribution < 1.29 is 9.53 Å². The summed E-state index contributed by atoms with van der Waals surface area (Å²) in [6.45, 7) is 5.15. The zero-order chi connectivity index (χ0) is 16.9. The smallest absolute Gasteiger partial charge is 0.251 e. The first-order chi connectivity index (χ1) is 11.6. The van der Waals surface area contributed by atoms with Gasteiger partial charge in [0.15, 0.2) is 0 Å². The minimum absolute atomic E-state index is 0.0816. The van der Waals surface area contributed by atoms with Crippen LogP contribution in [0, 0.1) is 5.92 Å². The van der Waals surface area contributed by atoms with Crippen molar-refractivity contribution in [1.29, 1.82) is 0 Å². The summed E-state index contributed by atoms with van der Waals surface area (Å²) in [6, 6.07) is 13.1. The van der Waals surface area contributed by atoms with Crippen LogP contribution < -0.4 is 10.1 Å². The fourth-order valence-corrected chi connectivity index (χ4v) is 2.34. The van der Waals surface area contributed by atoms with Crippen LogP contribution in [-0.4, -0.2) is 21.8 Å². The van der Waals surface area contributed by atoms with E-state index in [4.69, 9.17) is 4.74 Å². The van der Waals surface area contributed by atoms with E-state index in [1.807, 2.05) is 47.1 Å². The lowest BCUT2D eigenvalue weighted by Gasteiger charge is -2.09. The van der Waals surface area contributed by atoms with E-state index in [1.54, 1.807) is 12.1 Å². The molecule has 3 aromatic rings. The fourth-order valence-electron chi connectivity index (χ4n) is 2.34. The third-order valence-corrected chi connectivity index (χ3v) is 3.57. The van der Waals surface area contributed by atoms with Gasteiger partial charge in [0.05, 0.1) is 5.69 Å². The second-order valence-electron chi connectivity index (χ2n) is 6.12. The van der Waals surface area contributed by atoms with E-state index in [0.717, 1.165) is 11.3 Å². The molecule has 5 heteroatoms. The molecule has 0 fully saturated rings. The average molecular weight is 323 g/mol. The van der Waals surface area contributed by atoms with Gasteiger partial charge in [0.1, 0.15) is 18.0 Å². The van der Waals surface area contributed by atoms with Crippen LogP contribution in [0.4, 0.5) is 0 Å². The molecule has 0 unspecified atom stereocenters. The Kier molecular flexibility index (Phi) is 4.79. The minimum Gasteiger partial charge on any atom is -0.487 e. The van der Waals surface area contributed by atoms with Crippen LogP contribution in [0.2, 0.25) is 0 Å². The molecule has 0 aliphatic rings. The Morgan fingerprint density at radius 2 is 2.12 bits per heavy atom. The lowest BCUT2D eigenvalue weighted by Crippen LogP contribution is -2.27. The van der Waals surface area contributed by atoms with Crippen molar-refractivity contribution in [2.24, 2.45) is 5.92 Å². The first-order valence-corrected chi connectivity index (χ1v) is 8.05. The quantitative estimate of drug-likeness (QED) is 0.757. The fraction of sp³-hybridized carbons (Fsp3) is 0.263. The number of pyridine rings is 1. The maximum Gasteiger partial charge on any atom is 0.251 e. The van der Waals surface area contributed by atoms with Gasteiger partial charge in [0, 0.05) is 24.5 Å². The van der Waals surface area contributed by atoms with Gasteiger partial charge in [-0.2, -0.15) is 0 Å². The van der Waals surface area contributed by atoms with Crippen LogP contribution in [0.1, 0.15) is 29.9 Å². The first-order valence-electron chi connectivity index (χ1n) is 8.05. The summed E-state index contributed by atoms with van der Waals surface area (Å²) in [5.41, 5.74) is 2.33. The Hall–Kier alpha value is -2.82. The third-order valence-electron chi connectivity index (χ3n) is 3.57. The Balaban J connectivity index is 1.65. The van der Waals surface area contributed by atoms with E-state index in [-0.39, 0.29) is 5.91 Å². The van der Waals surface area contributed by atoms with E-state index in [9.17, 15) is 4.79 Å². The largest absolute Gasteiger partial charge is 0.487 e. The number of benzene rings is 1. The van der Waals surface area contributed by atoms with Gasteiger partial charge in [0.2, 0.25) is 0 Å². The molecule has 0 atom stereocenters. The maximum absolute atomic E-state index is 12.1. The SMILES string of the molecule is CC(C)CNC(=O)c1cccc(OCc2cn3ccccc3n2)c1. The number of hydrogen-bond acceptors (Lipinski definition) is 3. The van der Waals surface area contributed by atoms with Gasteiger partial charge in [-0.15, -0.1) is 0 Å². The summed E-state index contributed by atoms with van der Waals surface area (Å²) in [4.78, 5) is 16.6. The van der Waals surface area contributed by atoms with E-state index in [1.165, 1.54) is 0 Å². The molecule has 24 heavy (non-hydrogen) atoms. The van der Waals surface area contributed by atoms with E-state index >= 15 is 0 Å². The van der Waals surface area contributed by atoms with E-state index in [2.05, 4.69) is 24.1 Å². The molecule has 1 N–H and O–H groups in total. The van der Waals surface area contributed by atoms with Crippen molar-refractivity contribution in [3.8, 4) is 5.75 Å². The first kappa shape index (κ1) is 16.1. The summed E-state index contributed by atoms with van der Waals surface area (Å²) in [7, 11) is 0. The molecular weight excluding hydrogens is 302 g/mol. The number of carbonyl (C=O) groups excluding carboxylic acids is 1. The Labute approximate surface area is 141 Å². The monoisotopic (exact) mass is 323 g/mol. The summed E-state index contributed by atoms with van der Waals surface area (Å²) in [6.07, 6.45) is 3.89. The minimum atomic E-state index is -0.0816. The zero-order valence-electron chi connectivity index (χ0n) is 13.9. The number of hydrogen-bond donors (Lipinski definition) is 1. The van der Waals surface area contributed by atoms with Crippen LogP contribution in [0.25, 0.3) is 5.65 Å². The third kappa shape index (κ3) is 3.93. The van der Waals surface area contributed by atoms with Crippen LogP contribution in [0.15, 0.2) is 54.9 Å². The van der Waals surface area contributed by atoms with Crippen molar-refractivity contribution in [3.63, 3.8) is 0 Å². The molecule has 1 aromatic carbocycles. The van der Waals surface area contributed by atoms with Crippen LogP contribution in [0.3, 0.4) is 0 Å². The topological polar surface area (TPSA) is 55.6 Å². The second kappa shape index (κ2) is 7.17. The molecule has 0 spiro atoms. The number of ether oxygens (including phenoxy) is 1. The van der Waals surface area contributed by atoms with Crippen LogP contribution in [-0.2, 0) is 6.61 Å². The number of amides is 1. The highest BCUT2D eigenvalue weighted by Gasteiger charge is 2.08. The molecule has 0 aliphatic heterocycles.